The van der Waals surface area contributed by atoms with Crippen LogP contribution in [-0.2, 0) is 20.0 Å². The van der Waals surface area contributed by atoms with E-state index in [2.05, 4.69) is 35.3 Å². The summed E-state index contributed by atoms with van der Waals surface area (Å²) in [6.07, 6.45) is 3.33. The fraction of sp³-hybridized carbons (Fsp3) is 0.385. The lowest BCUT2D eigenvalue weighted by Crippen LogP contribution is -2.14. The van der Waals surface area contributed by atoms with Gasteiger partial charge in [-0.3, -0.25) is 0 Å². The number of nitrogens with one attached hydrogen (secondary N) is 1. The molecule has 3 rings (SSSR count). The van der Waals surface area contributed by atoms with Gasteiger partial charge in [0.25, 0.3) is 0 Å². The van der Waals surface area contributed by atoms with E-state index >= 15 is 0 Å². The third-order valence-corrected chi connectivity index (χ3v) is 3.39. The first kappa shape index (κ1) is 9.73. The molecule has 0 saturated carbocycles. The standard InChI is InChI=1S/C13H16N2O/c1-15-8-9-5-6-14-7-10-12(16-2)4-3-11(15)13(9)10/h3-4,8,14H,5-7H2,1-2H3. The minimum absolute atomic E-state index is 0.900. The van der Waals surface area contributed by atoms with Crippen molar-refractivity contribution in [3.8, 4) is 5.75 Å². The van der Waals surface area contributed by atoms with Crippen molar-refractivity contribution in [3.05, 3.63) is 29.5 Å². The minimum atomic E-state index is 0.900. The number of rotatable bonds is 1. The molecule has 0 fully saturated rings. The van der Waals surface area contributed by atoms with Crippen molar-refractivity contribution in [2.75, 3.05) is 13.7 Å². The Labute approximate surface area is 95.0 Å². The van der Waals surface area contributed by atoms with Crippen LogP contribution in [0.2, 0.25) is 0 Å². The van der Waals surface area contributed by atoms with Gasteiger partial charge >= 0.3 is 0 Å². The maximum absolute atomic E-state index is 5.45. The molecule has 3 nitrogen and oxygen atoms in total. The molecule has 0 bridgehead atoms. The number of ether oxygens (including phenoxy) is 1. The van der Waals surface area contributed by atoms with Crippen LogP contribution >= 0.6 is 0 Å². The third kappa shape index (κ3) is 1.25. The largest absolute Gasteiger partial charge is 0.496 e. The molecule has 0 saturated heterocycles. The first-order valence-corrected chi connectivity index (χ1v) is 5.65. The Morgan fingerprint density at radius 3 is 3.06 bits per heavy atom. The van der Waals surface area contributed by atoms with E-state index in [1.165, 1.54) is 22.0 Å². The summed E-state index contributed by atoms with van der Waals surface area (Å²) in [6, 6.07) is 4.21. The molecule has 2 heterocycles. The molecular formula is C13H16N2O. The Balaban J connectivity index is 2.39. The second kappa shape index (κ2) is 3.52. The Morgan fingerprint density at radius 2 is 2.25 bits per heavy atom. The van der Waals surface area contributed by atoms with Crippen molar-refractivity contribution in [2.24, 2.45) is 7.05 Å². The fourth-order valence-electron chi connectivity index (χ4n) is 2.63. The van der Waals surface area contributed by atoms with Gasteiger partial charge in [0.15, 0.2) is 0 Å². The van der Waals surface area contributed by atoms with Crippen molar-refractivity contribution >= 4 is 10.9 Å². The van der Waals surface area contributed by atoms with Crippen LogP contribution in [0, 0.1) is 0 Å². The van der Waals surface area contributed by atoms with Gasteiger partial charge < -0.3 is 14.6 Å². The van der Waals surface area contributed by atoms with Crippen LogP contribution in [0.25, 0.3) is 10.9 Å². The molecule has 0 atom stereocenters. The SMILES string of the molecule is COc1ccc2c3c(cn2C)CCNCc13. The lowest BCUT2D eigenvalue weighted by Gasteiger charge is -2.09. The highest BCUT2D eigenvalue weighted by Crippen LogP contribution is 2.32. The van der Waals surface area contributed by atoms with Crippen LogP contribution in [0.4, 0.5) is 0 Å². The van der Waals surface area contributed by atoms with E-state index in [0.717, 1.165) is 25.3 Å². The first-order valence-electron chi connectivity index (χ1n) is 5.65. The maximum Gasteiger partial charge on any atom is 0.124 e. The molecule has 1 aromatic heterocycles. The Bertz CT molecular complexity index is 542. The fourth-order valence-corrected chi connectivity index (χ4v) is 2.63. The van der Waals surface area contributed by atoms with E-state index < -0.39 is 0 Å². The number of methoxy groups -OCH3 is 1. The topological polar surface area (TPSA) is 26.2 Å². The molecule has 84 valence electrons. The van der Waals surface area contributed by atoms with Crippen LogP contribution < -0.4 is 10.1 Å². The summed E-state index contributed by atoms with van der Waals surface area (Å²) >= 11 is 0. The summed E-state index contributed by atoms with van der Waals surface area (Å²) in [4.78, 5) is 0. The van der Waals surface area contributed by atoms with Gasteiger partial charge in [-0.2, -0.15) is 0 Å². The summed E-state index contributed by atoms with van der Waals surface area (Å²) in [7, 11) is 3.85. The van der Waals surface area contributed by atoms with Crippen LogP contribution in [-0.4, -0.2) is 18.2 Å². The maximum atomic E-state index is 5.45. The van der Waals surface area contributed by atoms with Crippen molar-refractivity contribution < 1.29 is 4.74 Å². The van der Waals surface area contributed by atoms with Crippen molar-refractivity contribution in [3.63, 3.8) is 0 Å². The number of hydrogen-bond acceptors (Lipinski definition) is 2. The molecule has 0 aliphatic carbocycles. The summed E-state index contributed by atoms with van der Waals surface area (Å²) < 4.78 is 7.66. The van der Waals surface area contributed by atoms with Crippen molar-refractivity contribution in [2.45, 2.75) is 13.0 Å². The second-order valence-corrected chi connectivity index (χ2v) is 4.33. The van der Waals surface area contributed by atoms with E-state index in [0.29, 0.717) is 0 Å². The van der Waals surface area contributed by atoms with Crippen molar-refractivity contribution in [1.29, 1.82) is 0 Å². The minimum Gasteiger partial charge on any atom is -0.496 e. The molecule has 1 N–H and O–H groups in total. The summed E-state index contributed by atoms with van der Waals surface area (Å²) in [5.41, 5.74) is 4.03. The predicted molar refractivity (Wildman–Crippen MR) is 64.9 cm³/mol. The summed E-state index contributed by atoms with van der Waals surface area (Å²) in [5.74, 6) is 0.995. The molecule has 0 unspecified atom stereocenters. The Hall–Kier alpha value is -1.48. The molecule has 0 spiro atoms. The highest BCUT2D eigenvalue weighted by atomic mass is 16.5. The van der Waals surface area contributed by atoms with E-state index in [1.54, 1.807) is 7.11 Å². The van der Waals surface area contributed by atoms with Crippen LogP contribution in [0.3, 0.4) is 0 Å². The van der Waals surface area contributed by atoms with E-state index in [1.807, 2.05) is 0 Å². The smallest absolute Gasteiger partial charge is 0.124 e. The van der Waals surface area contributed by atoms with Gasteiger partial charge in [0.2, 0.25) is 0 Å². The average molecular weight is 216 g/mol. The van der Waals surface area contributed by atoms with Gasteiger partial charge in [-0.15, -0.1) is 0 Å². The third-order valence-electron chi connectivity index (χ3n) is 3.39. The summed E-state index contributed by atoms with van der Waals surface area (Å²) in [5, 5.41) is 4.83. The molecule has 1 aliphatic heterocycles. The lowest BCUT2D eigenvalue weighted by atomic mass is 10.0. The number of hydrogen-bond donors (Lipinski definition) is 1. The van der Waals surface area contributed by atoms with Crippen LogP contribution in [0.1, 0.15) is 11.1 Å². The van der Waals surface area contributed by atoms with Gasteiger partial charge in [0, 0.05) is 36.3 Å². The Kier molecular flexibility index (Phi) is 2.14. The normalized spacial score (nSPS) is 15.1. The predicted octanol–water partition coefficient (Wildman–Crippen LogP) is 1.83. The quantitative estimate of drug-likeness (QED) is 0.787. The molecule has 0 amide bonds. The molecular weight excluding hydrogens is 200 g/mol. The molecule has 1 aliphatic rings. The first-order chi connectivity index (χ1) is 7.81. The number of nitrogens with zero attached hydrogens (tertiary/aromatic N) is 1. The molecule has 3 heteroatoms. The summed E-state index contributed by atoms with van der Waals surface area (Å²) in [6.45, 7) is 1.94. The van der Waals surface area contributed by atoms with Gasteiger partial charge in [0.1, 0.15) is 5.75 Å². The monoisotopic (exact) mass is 216 g/mol. The highest BCUT2D eigenvalue weighted by Gasteiger charge is 2.17. The zero-order valence-electron chi connectivity index (χ0n) is 9.71. The average Bonchev–Trinajstić information content (AvgIpc) is 2.49. The highest BCUT2D eigenvalue weighted by molar-refractivity contribution is 5.89. The molecule has 1 aromatic carbocycles. The molecule has 0 radical (unpaired) electrons. The zero-order valence-corrected chi connectivity index (χ0v) is 9.71. The van der Waals surface area contributed by atoms with Crippen LogP contribution in [0.15, 0.2) is 18.3 Å². The van der Waals surface area contributed by atoms with Gasteiger partial charge in [-0.1, -0.05) is 0 Å². The van der Waals surface area contributed by atoms with Gasteiger partial charge in [0.05, 0.1) is 7.11 Å². The second-order valence-electron chi connectivity index (χ2n) is 4.33. The van der Waals surface area contributed by atoms with Gasteiger partial charge in [-0.05, 0) is 30.7 Å². The number of aryl methyl sites for hydroxylation is 1. The van der Waals surface area contributed by atoms with Crippen LogP contribution in [0.5, 0.6) is 5.75 Å². The number of aromatic nitrogens is 1. The molecule has 16 heavy (non-hydrogen) atoms. The molecule has 2 aromatic rings. The van der Waals surface area contributed by atoms with E-state index in [4.69, 9.17) is 4.74 Å². The van der Waals surface area contributed by atoms with Crippen molar-refractivity contribution in [1.82, 2.24) is 9.88 Å². The lowest BCUT2D eigenvalue weighted by molar-refractivity contribution is 0.409. The van der Waals surface area contributed by atoms with E-state index in [-0.39, 0.29) is 0 Å². The zero-order chi connectivity index (χ0) is 11.1. The number of benzene rings is 1. The van der Waals surface area contributed by atoms with E-state index in [9.17, 15) is 0 Å². The Morgan fingerprint density at radius 1 is 1.38 bits per heavy atom. The van der Waals surface area contributed by atoms with Gasteiger partial charge in [-0.25, -0.2) is 0 Å².